The summed E-state index contributed by atoms with van der Waals surface area (Å²) in [7, 11) is 0. The number of benzene rings is 2. The lowest BCUT2D eigenvalue weighted by molar-refractivity contribution is 1.33. The molecular weight excluding hydrogens is 328 g/mol. The van der Waals surface area contributed by atoms with E-state index < -0.39 is 0 Å². The van der Waals surface area contributed by atoms with Gasteiger partial charge in [-0.3, -0.25) is 0 Å². The third-order valence-electron chi connectivity index (χ3n) is 2.62. The van der Waals surface area contributed by atoms with Gasteiger partial charge >= 0.3 is 0 Å². The minimum atomic E-state index is 0.834. The molecule has 0 amide bonds. The summed E-state index contributed by atoms with van der Waals surface area (Å²) in [5, 5.41) is 0.834. The van der Waals surface area contributed by atoms with E-state index in [4.69, 9.17) is 11.6 Å². The van der Waals surface area contributed by atoms with Gasteiger partial charge in [-0.2, -0.15) is 11.8 Å². The van der Waals surface area contributed by atoms with Crippen molar-refractivity contribution in [2.45, 2.75) is 18.4 Å². The molecule has 0 radical (unpaired) electrons. The molecule has 0 unspecified atom stereocenters. The minimum absolute atomic E-state index is 0.834. The zero-order chi connectivity index (χ0) is 13.0. The molecule has 3 heteroatoms. The van der Waals surface area contributed by atoms with E-state index in [-0.39, 0.29) is 0 Å². The molecule has 0 nitrogen and oxygen atoms in total. The van der Waals surface area contributed by atoms with E-state index in [1.165, 1.54) is 16.7 Å². The first-order chi connectivity index (χ1) is 8.65. The molecule has 0 bridgehead atoms. The Labute approximate surface area is 126 Å². The first kappa shape index (κ1) is 14.0. The smallest absolute Gasteiger partial charge is 0.0457 e. The summed E-state index contributed by atoms with van der Waals surface area (Å²) < 4.78 is 1.03. The van der Waals surface area contributed by atoms with Gasteiger partial charge in [0.25, 0.3) is 0 Å². The van der Waals surface area contributed by atoms with Crippen molar-refractivity contribution in [2.24, 2.45) is 0 Å². The van der Waals surface area contributed by atoms with Crippen LogP contribution in [0.15, 0.2) is 46.9 Å². The molecule has 2 aromatic rings. The summed E-state index contributed by atoms with van der Waals surface area (Å²) in [5.41, 5.74) is 3.88. The fourth-order valence-electron chi connectivity index (χ4n) is 1.72. The molecule has 0 heterocycles. The molecule has 2 aromatic carbocycles. The van der Waals surface area contributed by atoms with Gasteiger partial charge in [-0.05, 0) is 30.2 Å². The van der Waals surface area contributed by atoms with Gasteiger partial charge in [-0.15, -0.1) is 0 Å². The van der Waals surface area contributed by atoms with Crippen LogP contribution in [0.2, 0.25) is 5.02 Å². The Kier molecular flexibility index (Phi) is 5.16. The van der Waals surface area contributed by atoms with Crippen molar-refractivity contribution in [2.75, 3.05) is 0 Å². The lowest BCUT2D eigenvalue weighted by atomic mass is 10.2. The van der Waals surface area contributed by atoms with Gasteiger partial charge in [0, 0.05) is 21.0 Å². The van der Waals surface area contributed by atoms with Crippen LogP contribution in [0.3, 0.4) is 0 Å². The molecule has 0 saturated heterocycles. The molecule has 18 heavy (non-hydrogen) atoms. The van der Waals surface area contributed by atoms with E-state index in [0.29, 0.717) is 0 Å². The quantitative estimate of drug-likeness (QED) is 0.672. The Balaban J connectivity index is 1.92. The largest absolute Gasteiger partial charge is 0.152 e. The molecule has 0 saturated carbocycles. The Morgan fingerprint density at radius 1 is 1.11 bits per heavy atom. The first-order valence-electron chi connectivity index (χ1n) is 5.72. The maximum Gasteiger partial charge on any atom is 0.0457 e. The summed E-state index contributed by atoms with van der Waals surface area (Å²) in [4.78, 5) is 0. The highest BCUT2D eigenvalue weighted by Gasteiger charge is 2.02. The molecule has 0 spiro atoms. The second kappa shape index (κ2) is 6.65. The molecule has 0 aliphatic rings. The summed E-state index contributed by atoms with van der Waals surface area (Å²) >= 11 is 11.5. The number of hydrogen-bond acceptors (Lipinski definition) is 1. The van der Waals surface area contributed by atoms with Crippen LogP contribution in [0.25, 0.3) is 0 Å². The predicted molar refractivity (Wildman–Crippen MR) is 85.3 cm³/mol. The molecular formula is C15H14BrClS. The van der Waals surface area contributed by atoms with Gasteiger partial charge < -0.3 is 0 Å². The van der Waals surface area contributed by atoms with Crippen LogP contribution >= 0.6 is 39.3 Å². The van der Waals surface area contributed by atoms with E-state index in [9.17, 15) is 0 Å². The number of hydrogen-bond donors (Lipinski definition) is 0. The first-order valence-corrected chi connectivity index (χ1v) is 8.05. The summed E-state index contributed by atoms with van der Waals surface area (Å²) in [6, 6.07) is 14.7. The molecule has 0 aliphatic heterocycles. The third kappa shape index (κ3) is 4.04. The molecule has 0 N–H and O–H groups in total. The standard InChI is InChI=1S/C15H14BrClS/c1-11-3-2-4-12(7-11)9-18-10-13-5-6-14(16)8-15(13)17/h2-8H,9-10H2,1H3. The Morgan fingerprint density at radius 2 is 1.94 bits per heavy atom. The van der Waals surface area contributed by atoms with Gasteiger partial charge in [-0.25, -0.2) is 0 Å². The lowest BCUT2D eigenvalue weighted by Gasteiger charge is -2.05. The van der Waals surface area contributed by atoms with Gasteiger partial charge in [0.15, 0.2) is 0 Å². The second-order valence-electron chi connectivity index (χ2n) is 4.22. The lowest BCUT2D eigenvalue weighted by Crippen LogP contribution is -1.86. The van der Waals surface area contributed by atoms with Crippen molar-refractivity contribution < 1.29 is 0 Å². The zero-order valence-corrected chi connectivity index (χ0v) is 13.3. The fourth-order valence-corrected chi connectivity index (χ4v) is 3.53. The zero-order valence-electron chi connectivity index (χ0n) is 10.1. The van der Waals surface area contributed by atoms with Crippen LogP contribution in [-0.4, -0.2) is 0 Å². The SMILES string of the molecule is Cc1cccc(CSCc2ccc(Br)cc2Cl)c1. The third-order valence-corrected chi connectivity index (χ3v) is 4.52. The highest BCUT2D eigenvalue weighted by Crippen LogP contribution is 2.26. The fraction of sp³-hybridized carbons (Fsp3) is 0.200. The number of thioether (sulfide) groups is 1. The molecule has 0 aliphatic carbocycles. The normalized spacial score (nSPS) is 10.6. The van der Waals surface area contributed by atoms with Gasteiger partial charge in [-0.1, -0.05) is 63.4 Å². The van der Waals surface area contributed by atoms with E-state index in [0.717, 1.165) is 21.0 Å². The van der Waals surface area contributed by atoms with Crippen LogP contribution in [0.5, 0.6) is 0 Å². The molecule has 0 atom stereocenters. The van der Waals surface area contributed by atoms with Crippen molar-refractivity contribution in [3.63, 3.8) is 0 Å². The Morgan fingerprint density at radius 3 is 2.67 bits per heavy atom. The maximum absolute atomic E-state index is 6.19. The monoisotopic (exact) mass is 340 g/mol. The van der Waals surface area contributed by atoms with Crippen molar-refractivity contribution in [3.05, 3.63) is 68.7 Å². The molecule has 94 valence electrons. The average molecular weight is 342 g/mol. The van der Waals surface area contributed by atoms with Crippen LogP contribution in [0.1, 0.15) is 16.7 Å². The molecule has 0 fully saturated rings. The van der Waals surface area contributed by atoms with Crippen molar-refractivity contribution in [1.29, 1.82) is 0 Å². The van der Waals surface area contributed by atoms with Crippen molar-refractivity contribution in [3.8, 4) is 0 Å². The van der Waals surface area contributed by atoms with E-state index in [2.05, 4.69) is 53.2 Å². The Bertz CT molecular complexity index is 540. The second-order valence-corrected chi connectivity index (χ2v) is 6.53. The molecule has 0 aromatic heterocycles. The van der Waals surface area contributed by atoms with E-state index in [1.54, 1.807) is 0 Å². The van der Waals surface area contributed by atoms with Crippen LogP contribution in [0, 0.1) is 6.92 Å². The van der Waals surface area contributed by atoms with E-state index >= 15 is 0 Å². The van der Waals surface area contributed by atoms with Gasteiger partial charge in [0.05, 0.1) is 0 Å². The van der Waals surface area contributed by atoms with Crippen molar-refractivity contribution in [1.82, 2.24) is 0 Å². The number of rotatable bonds is 4. The van der Waals surface area contributed by atoms with Crippen molar-refractivity contribution >= 4 is 39.3 Å². The Hall–Kier alpha value is -0.440. The minimum Gasteiger partial charge on any atom is -0.152 e. The highest BCUT2D eigenvalue weighted by atomic mass is 79.9. The maximum atomic E-state index is 6.19. The summed E-state index contributed by atoms with van der Waals surface area (Å²) in [5.74, 6) is 1.97. The predicted octanol–water partition coefficient (Wildman–Crippen LogP) is 5.84. The topological polar surface area (TPSA) is 0 Å². The average Bonchev–Trinajstić information content (AvgIpc) is 2.32. The number of halogens is 2. The van der Waals surface area contributed by atoms with Crippen LogP contribution in [0.4, 0.5) is 0 Å². The van der Waals surface area contributed by atoms with Crippen LogP contribution < -0.4 is 0 Å². The summed E-state index contributed by atoms with van der Waals surface area (Å²) in [6.07, 6.45) is 0. The van der Waals surface area contributed by atoms with Gasteiger partial charge in [0.2, 0.25) is 0 Å². The van der Waals surface area contributed by atoms with Gasteiger partial charge in [0.1, 0.15) is 0 Å². The van der Waals surface area contributed by atoms with E-state index in [1.807, 2.05) is 23.9 Å². The summed E-state index contributed by atoms with van der Waals surface area (Å²) in [6.45, 7) is 2.12. The number of aryl methyl sites for hydroxylation is 1. The van der Waals surface area contributed by atoms with Crippen LogP contribution in [-0.2, 0) is 11.5 Å². The highest BCUT2D eigenvalue weighted by molar-refractivity contribution is 9.10. The molecule has 2 rings (SSSR count).